The van der Waals surface area contributed by atoms with Crippen molar-refractivity contribution in [3.8, 4) is 0 Å². The molecule has 0 heterocycles. The van der Waals surface area contributed by atoms with E-state index >= 15 is 0 Å². The fraction of sp³-hybridized carbons (Fsp3) is 0.533. The van der Waals surface area contributed by atoms with Crippen LogP contribution in [0.25, 0.3) is 0 Å². The smallest absolute Gasteiger partial charge is 0.315 e. The molecule has 0 radical (unpaired) electrons. The van der Waals surface area contributed by atoms with E-state index in [9.17, 15) is 4.79 Å². The van der Waals surface area contributed by atoms with Gasteiger partial charge in [-0.15, -0.1) is 0 Å². The minimum Gasteiger partial charge on any atom is -0.394 e. The van der Waals surface area contributed by atoms with Gasteiger partial charge in [0.2, 0.25) is 0 Å². The summed E-state index contributed by atoms with van der Waals surface area (Å²) in [7, 11) is 0. The molecule has 0 unspecified atom stereocenters. The van der Waals surface area contributed by atoms with Gasteiger partial charge in [0.15, 0.2) is 0 Å². The Morgan fingerprint density at radius 3 is 2.48 bits per heavy atom. The molecule has 0 spiro atoms. The minimum absolute atomic E-state index is 0.108. The zero-order chi connectivity index (χ0) is 15.3. The third kappa shape index (κ3) is 3.67. The molecule has 0 saturated heterocycles. The summed E-state index contributed by atoms with van der Waals surface area (Å²) in [6.45, 7) is -0.0920. The van der Waals surface area contributed by atoms with Crippen molar-refractivity contribution < 1.29 is 15.0 Å². The van der Waals surface area contributed by atoms with Crippen LogP contribution in [0.3, 0.4) is 0 Å². The largest absolute Gasteiger partial charge is 0.394 e. The van der Waals surface area contributed by atoms with Crippen LogP contribution >= 0.6 is 11.6 Å². The van der Waals surface area contributed by atoms with E-state index in [0.29, 0.717) is 6.54 Å². The van der Waals surface area contributed by atoms with Gasteiger partial charge in [0.05, 0.1) is 19.3 Å². The average molecular weight is 313 g/mol. The number of aliphatic hydroxyl groups is 2. The van der Waals surface area contributed by atoms with Gasteiger partial charge in [-0.3, -0.25) is 0 Å². The van der Waals surface area contributed by atoms with Gasteiger partial charge in [-0.25, -0.2) is 4.79 Å². The van der Waals surface area contributed by atoms with Crippen molar-refractivity contribution in [1.29, 1.82) is 0 Å². The first-order valence-electron chi connectivity index (χ1n) is 7.12. The maximum atomic E-state index is 11.8. The average Bonchev–Trinajstić information content (AvgIpc) is 2.45. The lowest BCUT2D eigenvalue weighted by atomic mass is 9.64. The monoisotopic (exact) mass is 312 g/mol. The highest BCUT2D eigenvalue weighted by Gasteiger charge is 2.40. The Bertz CT molecular complexity index is 488. The highest BCUT2D eigenvalue weighted by atomic mass is 35.5. The molecule has 2 rings (SSSR count). The van der Waals surface area contributed by atoms with Gasteiger partial charge in [-0.05, 0) is 24.5 Å². The first kappa shape index (κ1) is 16.1. The van der Waals surface area contributed by atoms with Crippen molar-refractivity contribution in [3.63, 3.8) is 0 Å². The molecule has 1 aliphatic rings. The second kappa shape index (κ2) is 7.11. The Morgan fingerprint density at radius 2 is 1.95 bits per heavy atom. The van der Waals surface area contributed by atoms with E-state index in [4.69, 9.17) is 21.8 Å². The van der Waals surface area contributed by atoms with Crippen LogP contribution in [0.5, 0.6) is 0 Å². The standard InChI is InChI=1S/C15H21ClN2O3/c16-13-5-2-1-4-12(13)15(6-3-7-15)10-17-14(21)18-11(8-19)9-20/h1-2,4-5,11,19-20H,3,6-10H2,(H2,17,18,21). The summed E-state index contributed by atoms with van der Waals surface area (Å²) in [5.41, 5.74) is 0.961. The normalized spacial score (nSPS) is 16.4. The highest BCUT2D eigenvalue weighted by molar-refractivity contribution is 6.31. The van der Waals surface area contributed by atoms with E-state index in [-0.39, 0.29) is 24.7 Å². The number of rotatable bonds is 6. The SMILES string of the molecule is O=C(NCC1(c2ccccc2Cl)CCC1)NC(CO)CO. The lowest BCUT2D eigenvalue weighted by Gasteiger charge is -2.43. The third-order valence-electron chi connectivity index (χ3n) is 4.12. The lowest BCUT2D eigenvalue weighted by molar-refractivity contribution is 0.166. The Hall–Kier alpha value is -1.30. The number of hydrogen-bond donors (Lipinski definition) is 4. The van der Waals surface area contributed by atoms with Gasteiger partial charge in [0.25, 0.3) is 0 Å². The van der Waals surface area contributed by atoms with Gasteiger partial charge in [-0.2, -0.15) is 0 Å². The number of carbonyl (C=O) groups is 1. The maximum Gasteiger partial charge on any atom is 0.315 e. The van der Waals surface area contributed by atoms with Gasteiger partial charge >= 0.3 is 6.03 Å². The van der Waals surface area contributed by atoms with Crippen LogP contribution in [0.15, 0.2) is 24.3 Å². The predicted molar refractivity (Wildman–Crippen MR) is 81.5 cm³/mol. The van der Waals surface area contributed by atoms with Crippen molar-refractivity contribution in [2.75, 3.05) is 19.8 Å². The van der Waals surface area contributed by atoms with Crippen LogP contribution in [0.4, 0.5) is 4.79 Å². The molecule has 2 amide bonds. The molecule has 1 aromatic rings. The van der Waals surface area contributed by atoms with E-state index in [2.05, 4.69) is 10.6 Å². The van der Waals surface area contributed by atoms with E-state index in [0.717, 1.165) is 29.8 Å². The number of benzene rings is 1. The fourth-order valence-electron chi connectivity index (χ4n) is 2.67. The third-order valence-corrected chi connectivity index (χ3v) is 4.45. The van der Waals surface area contributed by atoms with Gasteiger partial charge in [0, 0.05) is 17.0 Å². The summed E-state index contributed by atoms with van der Waals surface area (Å²) in [4.78, 5) is 11.8. The number of aliphatic hydroxyl groups excluding tert-OH is 2. The number of urea groups is 1. The second-order valence-corrected chi connectivity index (χ2v) is 5.91. The Labute approximate surface area is 129 Å². The lowest BCUT2D eigenvalue weighted by Crippen LogP contribution is -2.51. The van der Waals surface area contributed by atoms with Gasteiger partial charge < -0.3 is 20.8 Å². The van der Waals surface area contributed by atoms with E-state index in [1.54, 1.807) is 0 Å². The van der Waals surface area contributed by atoms with E-state index < -0.39 is 6.04 Å². The zero-order valence-corrected chi connectivity index (χ0v) is 12.6. The quantitative estimate of drug-likeness (QED) is 0.641. The van der Waals surface area contributed by atoms with Crippen LogP contribution in [0.2, 0.25) is 5.02 Å². The molecule has 6 heteroatoms. The molecule has 21 heavy (non-hydrogen) atoms. The summed E-state index contributed by atoms with van der Waals surface area (Å²) >= 11 is 6.27. The van der Waals surface area contributed by atoms with Crippen LogP contribution < -0.4 is 10.6 Å². The predicted octanol–water partition coefficient (Wildman–Crippen LogP) is 1.41. The van der Waals surface area contributed by atoms with Crippen molar-refractivity contribution in [3.05, 3.63) is 34.9 Å². The van der Waals surface area contributed by atoms with Crippen LogP contribution in [0.1, 0.15) is 24.8 Å². The molecule has 1 saturated carbocycles. The second-order valence-electron chi connectivity index (χ2n) is 5.50. The molecule has 5 nitrogen and oxygen atoms in total. The molecule has 0 aliphatic heterocycles. The molecule has 1 aromatic carbocycles. The van der Waals surface area contributed by atoms with Crippen molar-refractivity contribution in [1.82, 2.24) is 10.6 Å². The van der Waals surface area contributed by atoms with Crippen molar-refractivity contribution >= 4 is 17.6 Å². The fourth-order valence-corrected chi connectivity index (χ4v) is 3.01. The summed E-state index contributed by atoms with van der Waals surface area (Å²) in [6.07, 6.45) is 3.09. The van der Waals surface area contributed by atoms with Crippen LogP contribution in [-0.2, 0) is 5.41 Å². The molecule has 4 N–H and O–H groups in total. The van der Waals surface area contributed by atoms with E-state index in [1.807, 2.05) is 24.3 Å². The summed E-state index contributed by atoms with van der Waals surface area (Å²) in [6, 6.07) is 6.69. The van der Waals surface area contributed by atoms with Crippen molar-refractivity contribution in [2.45, 2.75) is 30.7 Å². The van der Waals surface area contributed by atoms with Gasteiger partial charge in [-0.1, -0.05) is 36.2 Å². The molecule has 0 atom stereocenters. The molecule has 0 bridgehead atoms. The topological polar surface area (TPSA) is 81.6 Å². The number of nitrogens with one attached hydrogen (secondary N) is 2. The molecular weight excluding hydrogens is 292 g/mol. The first-order valence-corrected chi connectivity index (χ1v) is 7.50. The number of hydrogen-bond acceptors (Lipinski definition) is 3. The number of halogens is 1. The first-order chi connectivity index (χ1) is 10.1. The van der Waals surface area contributed by atoms with Crippen LogP contribution in [-0.4, -0.2) is 42.0 Å². The number of amides is 2. The maximum absolute atomic E-state index is 11.8. The Morgan fingerprint density at radius 1 is 1.29 bits per heavy atom. The van der Waals surface area contributed by atoms with Crippen LogP contribution in [0, 0.1) is 0 Å². The van der Waals surface area contributed by atoms with E-state index in [1.165, 1.54) is 0 Å². The summed E-state index contributed by atoms with van der Waals surface area (Å²) in [5, 5.41) is 24.0. The molecule has 1 aliphatic carbocycles. The summed E-state index contributed by atoms with van der Waals surface area (Å²) in [5.74, 6) is 0. The Balaban J connectivity index is 1.97. The van der Waals surface area contributed by atoms with Crippen molar-refractivity contribution in [2.24, 2.45) is 0 Å². The molecule has 1 fully saturated rings. The van der Waals surface area contributed by atoms with Gasteiger partial charge in [0.1, 0.15) is 0 Å². The number of carbonyl (C=O) groups excluding carboxylic acids is 1. The zero-order valence-electron chi connectivity index (χ0n) is 11.8. The highest BCUT2D eigenvalue weighted by Crippen LogP contribution is 2.45. The molecule has 116 valence electrons. The Kier molecular flexibility index (Phi) is 5.45. The molecule has 0 aromatic heterocycles. The minimum atomic E-state index is -0.636. The summed E-state index contributed by atoms with van der Waals surface area (Å²) < 4.78 is 0. The molecular formula is C15H21ClN2O3.